The molecule has 0 aliphatic carbocycles. The third-order valence-corrected chi connectivity index (χ3v) is 5.25. The number of carbonyl (C=O) groups is 1. The topological polar surface area (TPSA) is 110 Å². The monoisotopic (exact) mass is 404 g/mol. The number of methoxy groups -OCH3 is 1. The number of aromatic nitrogens is 1. The third kappa shape index (κ3) is 4.29. The second-order valence-corrected chi connectivity index (χ2v) is 7.56. The van der Waals surface area contributed by atoms with Crippen molar-refractivity contribution < 1.29 is 22.7 Å². The van der Waals surface area contributed by atoms with Crippen LogP contribution in [0.1, 0.15) is 5.56 Å². The average Bonchev–Trinajstić information content (AvgIpc) is 2.95. The molecule has 0 unspecified atom stereocenters. The lowest BCUT2D eigenvalue weighted by molar-refractivity contribution is -0.116. The Morgan fingerprint density at radius 1 is 1.18 bits per heavy atom. The Morgan fingerprint density at radius 3 is 2.75 bits per heavy atom. The van der Waals surface area contributed by atoms with Gasteiger partial charge in [-0.25, -0.2) is 4.98 Å². The Labute approximate surface area is 163 Å². The van der Waals surface area contributed by atoms with E-state index in [4.69, 9.17) is 9.47 Å². The van der Waals surface area contributed by atoms with E-state index in [-0.39, 0.29) is 29.1 Å². The standard InChI is InChI=1S/C18H20N4O5S/c1-22(17-13-6-3-4-8-15(13)28(24,25)21-17)12-16(23)20-14-7-5-9-19-18(14)27-11-10-26-2/h3-9H,10-12H2,1-2H3,(H,20,23). The number of benzene rings is 1. The van der Waals surface area contributed by atoms with Crippen molar-refractivity contribution in [3.8, 4) is 5.88 Å². The molecule has 1 N–H and O–H groups in total. The zero-order valence-corrected chi connectivity index (χ0v) is 16.3. The summed E-state index contributed by atoms with van der Waals surface area (Å²) < 4.78 is 38.5. The smallest absolute Gasteiger partial charge is 0.285 e. The number of ether oxygens (including phenoxy) is 2. The van der Waals surface area contributed by atoms with Gasteiger partial charge in [-0.15, -0.1) is 4.40 Å². The van der Waals surface area contributed by atoms with Crippen LogP contribution in [-0.2, 0) is 19.6 Å². The number of anilines is 1. The summed E-state index contributed by atoms with van der Waals surface area (Å²) in [6, 6.07) is 9.86. The van der Waals surface area contributed by atoms with Crippen LogP contribution < -0.4 is 10.1 Å². The van der Waals surface area contributed by atoms with Crippen LogP contribution in [0.4, 0.5) is 5.69 Å². The summed E-state index contributed by atoms with van der Waals surface area (Å²) in [6.45, 7) is 0.581. The zero-order chi connectivity index (χ0) is 20.1. The predicted octanol–water partition coefficient (Wildman–Crippen LogP) is 1.13. The van der Waals surface area contributed by atoms with Crippen molar-refractivity contribution in [1.29, 1.82) is 0 Å². The first kappa shape index (κ1) is 19.8. The molecule has 1 aliphatic rings. The maximum Gasteiger partial charge on any atom is 0.285 e. The third-order valence-electron chi connectivity index (χ3n) is 3.93. The maximum atomic E-state index is 12.5. The minimum Gasteiger partial charge on any atom is -0.474 e. The van der Waals surface area contributed by atoms with E-state index in [1.807, 2.05) is 0 Å². The van der Waals surface area contributed by atoms with Gasteiger partial charge in [-0.3, -0.25) is 4.79 Å². The van der Waals surface area contributed by atoms with E-state index in [0.29, 0.717) is 24.5 Å². The molecule has 0 saturated carbocycles. The van der Waals surface area contributed by atoms with Crippen LogP contribution in [-0.4, -0.2) is 64.0 Å². The highest BCUT2D eigenvalue weighted by Crippen LogP contribution is 2.27. The highest BCUT2D eigenvalue weighted by atomic mass is 32.2. The van der Waals surface area contributed by atoms with E-state index in [9.17, 15) is 13.2 Å². The van der Waals surface area contributed by atoms with Crippen molar-refractivity contribution >= 4 is 27.5 Å². The van der Waals surface area contributed by atoms with Crippen molar-refractivity contribution in [2.45, 2.75) is 4.90 Å². The summed E-state index contributed by atoms with van der Waals surface area (Å²) in [5.74, 6) is 0.145. The first-order chi connectivity index (χ1) is 13.4. The van der Waals surface area contributed by atoms with Crippen LogP contribution in [0.25, 0.3) is 0 Å². The Morgan fingerprint density at radius 2 is 1.96 bits per heavy atom. The summed E-state index contributed by atoms with van der Waals surface area (Å²) in [7, 11) is -0.575. The van der Waals surface area contributed by atoms with Crippen molar-refractivity contribution in [3.63, 3.8) is 0 Å². The van der Waals surface area contributed by atoms with Crippen LogP contribution in [0, 0.1) is 0 Å². The van der Waals surface area contributed by atoms with E-state index in [0.717, 1.165) is 0 Å². The van der Waals surface area contributed by atoms with E-state index in [2.05, 4.69) is 14.7 Å². The van der Waals surface area contributed by atoms with Gasteiger partial charge in [0.2, 0.25) is 11.8 Å². The molecule has 1 amide bonds. The molecule has 0 spiro atoms. The number of sulfonamides is 1. The molecule has 0 fully saturated rings. The summed E-state index contributed by atoms with van der Waals surface area (Å²) in [5, 5.41) is 2.72. The average molecular weight is 404 g/mol. The molecule has 9 nitrogen and oxygen atoms in total. The summed E-state index contributed by atoms with van der Waals surface area (Å²) in [6.07, 6.45) is 1.55. The first-order valence-electron chi connectivity index (χ1n) is 8.44. The van der Waals surface area contributed by atoms with Crippen LogP contribution in [0.15, 0.2) is 51.9 Å². The SMILES string of the molecule is COCCOc1ncccc1NC(=O)CN(C)C1=NS(=O)(=O)c2ccccc21. The molecule has 10 heteroatoms. The van der Waals surface area contributed by atoms with Gasteiger partial charge < -0.3 is 19.7 Å². The number of fused-ring (bicyclic) bond motifs is 1. The van der Waals surface area contributed by atoms with E-state index >= 15 is 0 Å². The first-order valence-corrected chi connectivity index (χ1v) is 9.88. The van der Waals surface area contributed by atoms with E-state index < -0.39 is 10.0 Å². The number of likely N-dealkylation sites (N-methyl/N-ethyl adjacent to an activating group) is 1. The normalized spacial score (nSPS) is 14.1. The van der Waals surface area contributed by atoms with Gasteiger partial charge in [-0.05, 0) is 24.3 Å². The highest BCUT2D eigenvalue weighted by molar-refractivity contribution is 7.90. The van der Waals surface area contributed by atoms with Crippen LogP contribution in [0.2, 0.25) is 0 Å². The second kappa shape index (κ2) is 8.36. The Kier molecular flexibility index (Phi) is 5.90. The number of pyridine rings is 1. The Balaban J connectivity index is 1.70. The minimum atomic E-state index is -3.74. The van der Waals surface area contributed by atoms with Crippen molar-refractivity contribution in [2.24, 2.45) is 4.40 Å². The van der Waals surface area contributed by atoms with Crippen LogP contribution in [0.5, 0.6) is 5.88 Å². The number of amidine groups is 1. The largest absolute Gasteiger partial charge is 0.474 e. The molecule has 148 valence electrons. The summed E-state index contributed by atoms with van der Waals surface area (Å²) >= 11 is 0. The molecule has 1 aromatic heterocycles. The molecule has 2 heterocycles. The molecule has 28 heavy (non-hydrogen) atoms. The number of nitrogens with one attached hydrogen (secondary N) is 1. The quantitative estimate of drug-likeness (QED) is 0.689. The fourth-order valence-corrected chi connectivity index (χ4v) is 3.92. The van der Waals surface area contributed by atoms with Crippen molar-refractivity contribution in [2.75, 3.05) is 39.2 Å². The highest BCUT2D eigenvalue weighted by Gasteiger charge is 2.31. The lowest BCUT2D eigenvalue weighted by Gasteiger charge is -2.19. The lowest BCUT2D eigenvalue weighted by Crippen LogP contribution is -2.35. The van der Waals surface area contributed by atoms with Gasteiger partial charge in [0.05, 0.1) is 13.2 Å². The van der Waals surface area contributed by atoms with Gasteiger partial charge in [0.1, 0.15) is 17.2 Å². The van der Waals surface area contributed by atoms with Crippen molar-refractivity contribution in [3.05, 3.63) is 48.2 Å². The zero-order valence-electron chi connectivity index (χ0n) is 15.5. The van der Waals surface area contributed by atoms with Gasteiger partial charge in [-0.2, -0.15) is 8.42 Å². The molecule has 0 saturated heterocycles. The van der Waals surface area contributed by atoms with Crippen LogP contribution >= 0.6 is 0 Å². The Bertz CT molecular complexity index is 1010. The number of rotatable bonds is 7. The molecule has 3 rings (SSSR count). The molecular formula is C18H20N4O5S. The van der Waals surface area contributed by atoms with Gasteiger partial charge >= 0.3 is 0 Å². The van der Waals surface area contributed by atoms with Gasteiger partial charge in [0, 0.05) is 25.9 Å². The number of carbonyl (C=O) groups excluding carboxylic acids is 1. The molecule has 1 aliphatic heterocycles. The molecular weight excluding hydrogens is 384 g/mol. The van der Waals surface area contributed by atoms with Gasteiger partial charge in [-0.1, -0.05) is 12.1 Å². The van der Waals surface area contributed by atoms with Gasteiger partial charge in [0.25, 0.3) is 10.0 Å². The van der Waals surface area contributed by atoms with E-state index in [1.165, 1.54) is 11.0 Å². The molecule has 2 aromatic rings. The number of nitrogens with zero attached hydrogens (tertiary/aromatic N) is 3. The predicted molar refractivity (Wildman–Crippen MR) is 103 cm³/mol. The fraction of sp³-hybridized carbons (Fsp3) is 0.278. The minimum absolute atomic E-state index is 0.102. The fourth-order valence-electron chi connectivity index (χ4n) is 2.67. The maximum absolute atomic E-state index is 12.5. The van der Waals surface area contributed by atoms with Crippen molar-refractivity contribution in [1.82, 2.24) is 9.88 Å². The van der Waals surface area contributed by atoms with Gasteiger partial charge in [0.15, 0.2) is 5.84 Å². The lowest BCUT2D eigenvalue weighted by atomic mass is 10.2. The second-order valence-electron chi connectivity index (χ2n) is 5.99. The molecule has 0 atom stereocenters. The van der Waals surface area contributed by atoms with E-state index in [1.54, 1.807) is 50.7 Å². The number of hydrogen-bond acceptors (Lipinski definition) is 7. The number of amides is 1. The molecule has 1 aromatic carbocycles. The summed E-state index contributed by atoms with van der Waals surface area (Å²) in [4.78, 5) is 18.2. The van der Waals surface area contributed by atoms with Crippen LogP contribution in [0.3, 0.4) is 0 Å². The molecule has 0 radical (unpaired) electrons. The summed E-state index contributed by atoms with van der Waals surface area (Å²) in [5.41, 5.74) is 0.890. The Hall–Kier alpha value is -2.98. The molecule has 0 bridgehead atoms. The number of hydrogen-bond donors (Lipinski definition) is 1.